The van der Waals surface area contributed by atoms with E-state index in [1.807, 2.05) is 0 Å². The average Bonchev–Trinajstić information content (AvgIpc) is 2.35. The van der Waals surface area contributed by atoms with Crippen LogP contribution >= 0.6 is 11.6 Å². The number of benzene rings is 1. The lowest BCUT2D eigenvalue weighted by Crippen LogP contribution is -2.40. The summed E-state index contributed by atoms with van der Waals surface area (Å²) in [6.07, 6.45) is 2.91. The molecule has 18 heavy (non-hydrogen) atoms. The second kappa shape index (κ2) is 6.36. The molecule has 2 atom stereocenters. The van der Waals surface area contributed by atoms with Crippen molar-refractivity contribution in [3.8, 4) is 0 Å². The van der Waals surface area contributed by atoms with E-state index in [1.165, 1.54) is 6.07 Å². The Hall–Kier alpha value is -0.840. The minimum atomic E-state index is -0.387. The molecule has 1 saturated heterocycles. The van der Waals surface area contributed by atoms with Crippen molar-refractivity contribution in [2.75, 3.05) is 18.4 Å². The minimum absolute atomic E-state index is 0.152. The van der Waals surface area contributed by atoms with E-state index < -0.39 is 0 Å². The molecule has 0 bridgehead atoms. The van der Waals surface area contributed by atoms with Crippen LogP contribution in [-0.2, 0) is 0 Å². The maximum Gasteiger partial charge on any atom is 0.141 e. The number of rotatable bonds is 4. The van der Waals surface area contributed by atoms with E-state index in [-0.39, 0.29) is 10.8 Å². The van der Waals surface area contributed by atoms with E-state index in [2.05, 4.69) is 10.6 Å². The van der Waals surface area contributed by atoms with E-state index in [4.69, 9.17) is 17.3 Å². The van der Waals surface area contributed by atoms with Gasteiger partial charge in [-0.15, -0.1) is 0 Å². The summed E-state index contributed by atoms with van der Waals surface area (Å²) in [6.45, 7) is 1.53. The number of piperidine rings is 1. The second-order valence-electron chi connectivity index (χ2n) is 4.63. The number of halogens is 2. The lowest BCUT2D eigenvalue weighted by molar-refractivity contribution is 0.355. The zero-order chi connectivity index (χ0) is 13.0. The molecule has 0 spiro atoms. The van der Waals surface area contributed by atoms with Crippen LogP contribution in [0.4, 0.5) is 10.1 Å². The van der Waals surface area contributed by atoms with E-state index in [0.29, 0.717) is 18.6 Å². The molecule has 1 aromatic carbocycles. The number of nitrogens with zero attached hydrogens (tertiary/aromatic N) is 1. The maximum absolute atomic E-state index is 13.1. The highest BCUT2D eigenvalue weighted by atomic mass is 35.5. The highest BCUT2D eigenvalue weighted by Gasteiger charge is 2.21. The van der Waals surface area contributed by atoms with Crippen molar-refractivity contribution in [1.29, 1.82) is 0 Å². The van der Waals surface area contributed by atoms with Crippen LogP contribution in [0.25, 0.3) is 0 Å². The third-order valence-electron chi connectivity index (χ3n) is 3.21. The molecular weight excluding hydrogens is 253 g/mol. The van der Waals surface area contributed by atoms with Crippen molar-refractivity contribution in [3.63, 3.8) is 0 Å². The van der Waals surface area contributed by atoms with Gasteiger partial charge in [0, 0.05) is 24.3 Å². The average molecular weight is 271 g/mol. The highest BCUT2D eigenvalue weighted by molar-refractivity contribution is 6.31. The van der Waals surface area contributed by atoms with Gasteiger partial charge in [-0.2, -0.15) is 0 Å². The summed E-state index contributed by atoms with van der Waals surface area (Å²) in [5.41, 5.74) is 6.42. The number of nitrogens with two attached hydrogens (primary N) is 1. The van der Waals surface area contributed by atoms with E-state index in [9.17, 15) is 4.39 Å². The first-order valence-electron chi connectivity index (χ1n) is 6.27. The first kappa shape index (κ1) is 13.6. The summed E-state index contributed by atoms with van der Waals surface area (Å²) in [5.74, 6) is -0.387. The van der Waals surface area contributed by atoms with Crippen LogP contribution in [-0.4, -0.2) is 25.2 Å². The summed E-state index contributed by atoms with van der Waals surface area (Å²) in [4.78, 5) is 0. The topological polar surface area (TPSA) is 52.1 Å². The van der Waals surface area contributed by atoms with E-state index in [0.717, 1.165) is 31.5 Å². The Balaban J connectivity index is 1.93. The first-order valence-corrected chi connectivity index (χ1v) is 6.65. The predicted octanol–water partition coefficient (Wildman–Crippen LogP) is 2.38. The van der Waals surface area contributed by atoms with Gasteiger partial charge in [0.15, 0.2) is 0 Å². The molecule has 99 valence electrons. The van der Waals surface area contributed by atoms with Crippen molar-refractivity contribution >= 4 is 17.3 Å². The van der Waals surface area contributed by atoms with Gasteiger partial charge in [0.05, 0.1) is 5.02 Å². The zero-order valence-corrected chi connectivity index (χ0v) is 11.0. The van der Waals surface area contributed by atoms with Gasteiger partial charge in [-0.3, -0.25) is 0 Å². The second-order valence-corrected chi connectivity index (χ2v) is 5.04. The molecule has 1 aromatic rings. The molecule has 1 aliphatic heterocycles. The molecule has 3 nitrogen and oxygen atoms in total. The summed E-state index contributed by atoms with van der Waals surface area (Å²) in [5, 5.41) is 8.07. The summed E-state index contributed by atoms with van der Waals surface area (Å²) >= 11 is 5.76. The van der Waals surface area contributed by atoms with Gasteiger partial charge in [-0.1, -0.05) is 11.6 Å². The molecule has 1 heterocycles. The van der Waals surface area contributed by atoms with Gasteiger partial charge in [-0.05, 0) is 44.0 Å². The van der Waals surface area contributed by atoms with Crippen LogP contribution in [0.15, 0.2) is 18.2 Å². The summed E-state index contributed by atoms with van der Waals surface area (Å²) in [7, 11) is 0. The molecule has 2 rings (SSSR count). The fourth-order valence-electron chi connectivity index (χ4n) is 2.29. The Labute approximate surface area is 112 Å². The van der Waals surface area contributed by atoms with Crippen LogP contribution in [0.2, 0.25) is 5.02 Å². The lowest BCUT2D eigenvalue weighted by atomic mass is 9.97. The van der Waals surface area contributed by atoms with Gasteiger partial charge in [0.1, 0.15) is 5.82 Å². The molecule has 1 aliphatic rings. The summed E-state index contributed by atoms with van der Waals surface area (Å²) < 4.78 is 13.1. The molecule has 0 amide bonds. The first-order chi connectivity index (χ1) is 8.69. The molecule has 5 heteroatoms. The van der Waals surface area contributed by atoms with Gasteiger partial charge < -0.3 is 11.1 Å². The smallest absolute Gasteiger partial charge is 0.141 e. The van der Waals surface area contributed by atoms with Crippen molar-refractivity contribution in [3.05, 3.63) is 29.0 Å². The van der Waals surface area contributed by atoms with Gasteiger partial charge >= 0.3 is 0 Å². The molecule has 1 fully saturated rings. The standard InChI is InChI=1S/C13H18ClFN3/c14-12-8-10(1-2-13(12)15)18-11-4-6-17-9(7-11)3-5-16/h1-2,8-9,11,18H,3-7,16H2. The fourth-order valence-corrected chi connectivity index (χ4v) is 2.47. The van der Waals surface area contributed by atoms with Gasteiger partial charge in [-0.25, -0.2) is 9.71 Å². The monoisotopic (exact) mass is 270 g/mol. The van der Waals surface area contributed by atoms with Crippen LogP contribution in [0.3, 0.4) is 0 Å². The maximum atomic E-state index is 13.1. The lowest BCUT2D eigenvalue weighted by Gasteiger charge is -2.30. The van der Waals surface area contributed by atoms with Crippen LogP contribution in [0.1, 0.15) is 19.3 Å². The molecular formula is C13H18ClFN3. The molecule has 0 aromatic heterocycles. The highest BCUT2D eigenvalue weighted by Crippen LogP contribution is 2.22. The molecule has 0 aliphatic carbocycles. The Morgan fingerprint density at radius 1 is 1.50 bits per heavy atom. The number of anilines is 1. The minimum Gasteiger partial charge on any atom is -0.382 e. The Morgan fingerprint density at radius 2 is 2.33 bits per heavy atom. The largest absolute Gasteiger partial charge is 0.382 e. The van der Waals surface area contributed by atoms with Crippen molar-refractivity contribution < 1.29 is 4.39 Å². The number of hydrogen-bond acceptors (Lipinski definition) is 2. The van der Waals surface area contributed by atoms with Gasteiger partial charge in [0.2, 0.25) is 0 Å². The van der Waals surface area contributed by atoms with Crippen molar-refractivity contribution in [1.82, 2.24) is 5.32 Å². The Kier molecular flexibility index (Phi) is 4.80. The van der Waals surface area contributed by atoms with Crippen LogP contribution < -0.4 is 16.4 Å². The third kappa shape index (κ3) is 3.57. The van der Waals surface area contributed by atoms with E-state index >= 15 is 0 Å². The SMILES string of the molecule is NCCC1CC(Nc2ccc(F)c(Cl)c2)CC[N]1. The molecule has 2 unspecified atom stereocenters. The molecule has 3 N–H and O–H groups in total. The predicted molar refractivity (Wildman–Crippen MR) is 72.5 cm³/mol. The number of hydrogen-bond donors (Lipinski definition) is 2. The summed E-state index contributed by atoms with van der Waals surface area (Å²) in [6, 6.07) is 5.43. The van der Waals surface area contributed by atoms with Crippen molar-refractivity contribution in [2.24, 2.45) is 5.73 Å². The Bertz CT molecular complexity index is 398. The van der Waals surface area contributed by atoms with Crippen LogP contribution in [0.5, 0.6) is 0 Å². The Morgan fingerprint density at radius 3 is 3.06 bits per heavy atom. The van der Waals surface area contributed by atoms with Gasteiger partial charge in [0.25, 0.3) is 0 Å². The molecule has 0 saturated carbocycles. The normalized spacial score (nSPS) is 23.9. The van der Waals surface area contributed by atoms with E-state index in [1.54, 1.807) is 12.1 Å². The number of nitrogens with one attached hydrogen (secondary N) is 1. The van der Waals surface area contributed by atoms with Crippen molar-refractivity contribution in [2.45, 2.75) is 31.3 Å². The third-order valence-corrected chi connectivity index (χ3v) is 3.50. The zero-order valence-electron chi connectivity index (χ0n) is 10.2. The van der Waals surface area contributed by atoms with Crippen LogP contribution in [0, 0.1) is 5.82 Å². The molecule has 1 radical (unpaired) electrons. The quantitative estimate of drug-likeness (QED) is 0.883. The fraction of sp³-hybridized carbons (Fsp3) is 0.538.